The van der Waals surface area contributed by atoms with Crippen molar-refractivity contribution in [1.29, 1.82) is 0 Å². The predicted molar refractivity (Wildman–Crippen MR) is 78.6 cm³/mol. The highest BCUT2D eigenvalue weighted by Crippen LogP contribution is 2.30. The van der Waals surface area contributed by atoms with Crippen molar-refractivity contribution in [3.63, 3.8) is 0 Å². The number of ether oxygens (including phenoxy) is 1. The summed E-state index contributed by atoms with van der Waals surface area (Å²) in [5.41, 5.74) is 7.93. The summed E-state index contributed by atoms with van der Waals surface area (Å²) in [4.78, 5) is 2.26. The summed E-state index contributed by atoms with van der Waals surface area (Å²) in [6.07, 6.45) is 2.28. The van der Waals surface area contributed by atoms with Crippen molar-refractivity contribution in [2.75, 3.05) is 37.4 Å². The van der Waals surface area contributed by atoms with Crippen molar-refractivity contribution in [1.82, 2.24) is 9.78 Å². The molecule has 0 unspecified atom stereocenters. The second kappa shape index (κ2) is 5.82. The lowest BCUT2D eigenvalue weighted by Gasteiger charge is -2.29. The zero-order valence-electron chi connectivity index (χ0n) is 12.5. The number of nitrogens with two attached hydrogens (primary N) is 1. The number of anilines is 2. The van der Waals surface area contributed by atoms with E-state index < -0.39 is 0 Å². The van der Waals surface area contributed by atoms with E-state index in [2.05, 4.69) is 30.9 Å². The van der Waals surface area contributed by atoms with Crippen LogP contribution in [-0.4, -0.2) is 36.6 Å². The van der Waals surface area contributed by atoms with E-state index in [-0.39, 0.29) is 0 Å². The average Bonchev–Trinajstić information content (AvgIpc) is 2.67. The molecule has 0 aromatic carbocycles. The summed E-state index contributed by atoms with van der Waals surface area (Å²) in [5, 5.41) is 4.55. The summed E-state index contributed by atoms with van der Waals surface area (Å²) in [7, 11) is 2.11. The number of nitrogen functional groups attached to an aromatic ring is 1. The van der Waals surface area contributed by atoms with E-state index in [1.807, 2.05) is 11.6 Å². The average molecular weight is 266 g/mol. The zero-order valence-corrected chi connectivity index (χ0v) is 12.5. The third kappa shape index (κ3) is 3.03. The van der Waals surface area contributed by atoms with Gasteiger partial charge in [-0.25, -0.2) is 4.68 Å². The Hall–Kier alpha value is -1.23. The van der Waals surface area contributed by atoms with Gasteiger partial charge in [0.15, 0.2) is 5.82 Å². The van der Waals surface area contributed by atoms with Crippen molar-refractivity contribution in [3.8, 4) is 0 Å². The number of aromatic nitrogens is 2. The molecule has 1 aliphatic rings. The molecule has 0 bridgehead atoms. The minimum absolute atomic E-state index is 0.322. The molecule has 0 saturated carbocycles. The van der Waals surface area contributed by atoms with Crippen LogP contribution in [0.15, 0.2) is 0 Å². The second-order valence-electron chi connectivity index (χ2n) is 5.80. The maximum absolute atomic E-state index is 6.20. The van der Waals surface area contributed by atoms with Crippen LogP contribution in [0, 0.1) is 12.8 Å². The molecule has 0 radical (unpaired) electrons. The van der Waals surface area contributed by atoms with Gasteiger partial charge >= 0.3 is 0 Å². The lowest BCUT2D eigenvalue weighted by atomic mass is 10.00. The van der Waals surface area contributed by atoms with E-state index in [4.69, 9.17) is 10.5 Å². The van der Waals surface area contributed by atoms with Crippen LogP contribution in [-0.2, 0) is 4.74 Å². The van der Waals surface area contributed by atoms with Gasteiger partial charge < -0.3 is 15.4 Å². The van der Waals surface area contributed by atoms with Crippen LogP contribution >= 0.6 is 0 Å². The lowest BCUT2D eigenvalue weighted by molar-refractivity contribution is 0.0684. The van der Waals surface area contributed by atoms with Crippen LogP contribution in [0.25, 0.3) is 0 Å². The Kier molecular flexibility index (Phi) is 4.34. The quantitative estimate of drug-likeness (QED) is 0.908. The normalized spacial score (nSPS) is 17.1. The molecule has 1 aromatic rings. The highest BCUT2D eigenvalue weighted by atomic mass is 16.5. The molecular weight excluding hydrogens is 240 g/mol. The van der Waals surface area contributed by atoms with Gasteiger partial charge in [0.2, 0.25) is 0 Å². The SMILES string of the molecule is Cc1nn(C(C)C)c(N(C)CC2CCOCC2)c1N. The van der Waals surface area contributed by atoms with E-state index in [0.29, 0.717) is 12.0 Å². The topological polar surface area (TPSA) is 56.3 Å². The third-order valence-electron chi connectivity index (χ3n) is 3.83. The molecule has 5 nitrogen and oxygen atoms in total. The Labute approximate surface area is 115 Å². The van der Waals surface area contributed by atoms with Crippen molar-refractivity contribution < 1.29 is 4.74 Å². The minimum Gasteiger partial charge on any atom is -0.394 e. The first-order valence-corrected chi connectivity index (χ1v) is 7.14. The van der Waals surface area contributed by atoms with E-state index in [1.165, 1.54) is 0 Å². The first-order valence-electron chi connectivity index (χ1n) is 7.14. The van der Waals surface area contributed by atoms with Crippen LogP contribution in [0.2, 0.25) is 0 Å². The molecule has 2 rings (SSSR count). The molecule has 5 heteroatoms. The number of aryl methyl sites for hydroxylation is 1. The van der Waals surface area contributed by atoms with E-state index >= 15 is 0 Å². The fourth-order valence-corrected chi connectivity index (χ4v) is 2.69. The Bertz CT molecular complexity index is 421. The fourth-order valence-electron chi connectivity index (χ4n) is 2.69. The Morgan fingerprint density at radius 1 is 1.42 bits per heavy atom. The molecule has 0 amide bonds. The maximum atomic E-state index is 6.20. The van der Waals surface area contributed by atoms with Gasteiger partial charge in [0, 0.05) is 32.8 Å². The molecule has 1 saturated heterocycles. The summed E-state index contributed by atoms with van der Waals surface area (Å²) in [6, 6.07) is 0.322. The molecule has 1 fully saturated rings. The van der Waals surface area contributed by atoms with Crippen molar-refractivity contribution in [2.24, 2.45) is 5.92 Å². The van der Waals surface area contributed by atoms with Crippen molar-refractivity contribution in [3.05, 3.63) is 5.69 Å². The molecule has 2 N–H and O–H groups in total. The van der Waals surface area contributed by atoms with Crippen LogP contribution < -0.4 is 10.6 Å². The molecule has 0 spiro atoms. The highest BCUT2D eigenvalue weighted by molar-refractivity contribution is 5.66. The van der Waals surface area contributed by atoms with E-state index in [1.54, 1.807) is 0 Å². The number of nitrogens with zero attached hydrogens (tertiary/aromatic N) is 3. The van der Waals surface area contributed by atoms with Crippen LogP contribution in [0.5, 0.6) is 0 Å². The second-order valence-corrected chi connectivity index (χ2v) is 5.80. The van der Waals surface area contributed by atoms with Crippen LogP contribution in [0.4, 0.5) is 11.5 Å². The standard InChI is InChI=1S/C14H26N4O/c1-10(2)18-14(13(15)11(3)16-18)17(4)9-12-5-7-19-8-6-12/h10,12H,5-9,15H2,1-4H3. The number of hydrogen-bond acceptors (Lipinski definition) is 4. The number of rotatable bonds is 4. The first-order chi connectivity index (χ1) is 9.00. The molecule has 19 heavy (non-hydrogen) atoms. The lowest BCUT2D eigenvalue weighted by Crippen LogP contribution is -2.31. The first kappa shape index (κ1) is 14.2. The van der Waals surface area contributed by atoms with Crippen molar-refractivity contribution in [2.45, 2.75) is 39.7 Å². The Morgan fingerprint density at radius 2 is 2.05 bits per heavy atom. The minimum atomic E-state index is 0.322. The molecule has 1 aromatic heterocycles. The number of hydrogen-bond donors (Lipinski definition) is 1. The van der Waals surface area contributed by atoms with Gasteiger partial charge in [-0.2, -0.15) is 5.10 Å². The highest BCUT2D eigenvalue weighted by Gasteiger charge is 2.22. The van der Waals surface area contributed by atoms with Gasteiger partial charge in [-0.05, 0) is 39.5 Å². The molecule has 108 valence electrons. The monoisotopic (exact) mass is 266 g/mol. The summed E-state index contributed by atoms with van der Waals surface area (Å²) in [6.45, 7) is 9.04. The summed E-state index contributed by atoms with van der Waals surface area (Å²) in [5.74, 6) is 1.74. The summed E-state index contributed by atoms with van der Waals surface area (Å²) < 4.78 is 7.45. The smallest absolute Gasteiger partial charge is 0.150 e. The fraction of sp³-hybridized carbons (Fsp3) is 0.786. The van der Waals surface area contributed by atoms with Crippen molar-refractivity contribution >= 4 is 11.5 Å². The van der Waals surface area contributed by atoms with Gasteiger partial charge in [0.1, 0.15) is 0 Å². The predicted octanol–water partition coefficient (Wildman–Crippen LogP) is 2.22. The molecule has 2 heterocycles. The van der Waals surface area contributed by atoms with E-state index in [0.717, 1.165) is 49.8 Å². The van der Waals surface area contributed by atoms with Crippen LogP contribution in [0.3, 0.4) is 0 Å². The maximum Gasteiger partial charge on any atom is 0.150 e. The van der Waals surface area contributed by atoms with Gasteiger partial charge in [0.25, 0.3) is 0 Å². The van der Waals surface area contributed by atoms with Gasteiger partial charge in [-0.1, -0.05) is 0 Å². The van der Waals surface area contributed by atoms with Gasteiger partial charge in [0.05, 0.1) is 11.4 Å². The molecular formula is C14H26N4O. The van der Waals surface area contributed by atoms with Gasteiger partial charge in [-0.3, -0.25) is 0 Å². The molecule has 0 atom stereocenters. The Balaban J connectivity index is 2.15. The van der Waals surface area contributed by atoms with E-state index in [9.17, 15) is 0 Å². The molecule has 1 aliphatic heterocycles. The van der Waals surface area contributed by atoms with Crippen LogP contribution in [0.1, 0.15) is 38.4 Å². The molecule has 0 aliphatic carbocycles. The largest absolute Gasteiger partial charge is 0.394 e. The third-order valence-corrected chi connectivity index (χ3v) is 3.83. The van der Waals surface area contributed by atoms with Gasteiger partial charge in [-0.15, -0.1) is 0 Å². The zero-order chi connectivity index (χ0) is 14.0. The Morgan fingerprint density at radius 3 is 2.63 bits per heavy atom. The summed E-state index contributed by atoms with van der Waals surface area (Å²) >= 11 is 0.